The van der Waals surface area contributed by atoms with Gasteiger partial charge < -0.3 is 4.90 Å². The molecule has 0 amide bonds. The maximum absolute atomic E-state index is 6.03. The SMILES string of the molecule is Clc1nc(N2CCCC2)nc(-n2ccc(C3CC3)n2)n1. The lowest BCUT2D eigenvalue weighted by Gasteiger charge is -2.15. The van der Waals surface area contributed by atoms with Crippen LogP contribution < -0.4 is 4.90 Å². The van der Waals surface area contributed by atoms with Crippen LogP contribution in [0.4, 0.5) is 5.95 Å². The molecule has 0 spiro atoms. The van der Waals surface area contributed by atoms with Gasteiger partial charge in [-0.3, -0.25) is 0 Å². The Bertz CT molecular complexity index is 630. The minimum atomic E-state index is 0.223. The van der Waals surface area contributed by atoms with Crippen molar-refractivity contribution in [2.45, 2.75) is 31.6 Å². The number of aromatic nitrogens is 5. The van der Waals surface area contributed by atoms with E-state index in [2.05, 4.69) is 25.0 Å². The van der Waals surface area contributed by atoms with Crippen molar-refractivity contribution in [3.63, 3.8) is 0 Å². The second-order valence-electron chi connectivity index (χ2n) is 5.36. The zero-order valence-corrected chi connectivity index (χ0v) is 11.8. The molecular weight excluding hydrogens is 276 g/mol. The average Bonchev–Trinajstić information content (AvgIpc) is 2.97. The van der Waals surface area contributed by atoms with Crippen LogP contribution in [0.2, 0.25) is 5.28 Å². The molecule has 2 aromatic rings. The van der Waals surface area contributed by atoms with Crippen molar-refractivity contribution in [1.82, 2.24) is 24.7 Å². The molecule has 3 heterocycles. The molecule has 0 atom stereocenters. The van der Waals surface area contributed by atoms with Crippen molar-refractivity contribution >= 4 is 17.5 Å². The third-order valence-corrected chi connectivity index (χ3v) is 3.95. The van der Waals surface area contributed by atoms with Crippen LogP contribution in [0.1, 0.15) is 37.3 Å². The van der Waals surface area contributed by atoms with Gasteiger partial charge in [0.2, 0.25) is 11.2 Å². The Morgan fingerprint density at radius 2 is 1.80 bits per heavy atom. The van der Waals surface area contributed by atoms with E-state index >= 15 is 0 Å². The third-order valence-electron chi connectivity index (χ3n) is 3.78. The summed E-state index contributed by atoms with van der Waals surface area (Å²) >= 11 is 6.03. The summed E-state index contributed by atoms with van der Waals surface area (Å²) in [5, 5.41) is 4.76. The molecule has 104 valence electrons. The molecule has 0 bridgehead atoms. The van der Waals surface area contributed by atoms with Crippen molar-refractivity contribution in [3.05, 3.63) is 23.2 Å². The molecule has 1 saturated heterocycles. The lowest BCUT2D eigenvalue weighted by Crippen LogP contribution is -2.22. The van der Waals surface area contributed by atoms with Gasteiger partial charge in [0.25, 0.3) is 5.95 Å². The Hall–Kier alpha value is -1.69. The van der Waals surface area contributed by atoms with E-state index in [0.29, 0.717) is 17.8 Å². The van der Waals surface area contributed by atoms with Crippen molar-refractivity contribution in [3.8, 4) is 5.95 Å². The maximum Gasteiger partial charge on any atom is 0.256 e. The topological polar surface area (TPSA) is 59.7 Å². The van der Waals surface area contributed by atoms with Crippen LogP contribution in [-0.2, 0) is 0 Å². The van der Waals surface area contributed by atoms with Gasteiger partial charge in [-0.1, -0.05) is 0 Å². The summed E-state index contributed by atoms with van der Waals surface area (Å²) in [4.78, 5) is 15.0. The fraction of sp³-hybridized carbons (Fsp3) is 0.538. The Balaban J connectivity index is 1.68. The van der Waals surface area contributed by atoms with Gasteiger partial charge in [-0.25, -0.2) is 4.68 Å². The second kappa shape index (κ2) is 4.70. The molecule has 1 aliphatic carbocycles. The second-order valence-corrected chi connectivity index (χ2v) is 5.70. The molecule has 2 fully saturated rings. The predicted octanol–water partition coefficient (Wildman–Crippen LogP) is 2.19. The highest BCUT2D eigenvalue weighted by atomic mass is 35.5. The van der Waals surface area contributed by atoms with Crippen LogP contribution >= 0.6 is 11.6 Å². The lowest BCUT2D eigenvalue weighted by atomic mass is 10.3. The monoisotopic (exact) mass is 290 g/mol. The highest BCUT2D eigenvalue weighted by Crippen LogP contribution is 2.38. The first-order chi connectivity index (χ1) is 9.79. The summed E-state index contributed by atoms with van der Waals surface area (Å²) in [7, 11) is 0. The number of nitrogens with zero attached hydrogens (tertiary/aromatic N) is 6. The van der Waals surface area contributed by atoms with Gasteiger partial charge >= 0.3 is 0 Å². The Morgan fingerprint density at radius 3 is 2.55 bits per heavy atom. The highest BCUT2D eigenvalue weighted by molar-refractivity contribution is 6.28. The Labute approximate surface area is 121 Å². The molecule has 0 unspecified atom stereocenters. The Kier molecular flexibility index (Phi) is 2.84. The van der Waals surface area contributed by atoms with Gasteiger partial charge in [0.1, 0.15) is 0 Å². The van der Waals surface area contributed by atoms with E-state index in [1.165, 1.54) is 25.7 Å². The molecule has 0 N–H and O–H groups in total. The molecule has 2 aliphatic rings. The molecule has 6 nitrogen and oxygen atoms in total. The van der Waals surface area contributed by atoms with E-state index in [1.807, 2.05) is 12.3 Å². The largest absolute Gasteiger partial charge is 0.341 e. The molecule has 7 heteroatoms. The van der Waals surface area contributed by atoms with Crippen molar-refractivity contribution in [2.24, 2.45) is 0 Å². The van der Waals surface area contributed by atoms with Gasteiger partial charge in [0.15, 0.2) is 0 Å². The molecule has 1 aliphatic heterocycles. The molecule has 0 aromatic carbocycles. The van der Waals surface area contributed by atoms with E-state index in [-0.39, 0.29) is 5.28 Å². The lowest BCUT2D eigenvalue weighted by molar-refractivity contribution is 0.761. The zero-order chi connectivity index (χ0) is 13.5. The van der Waals surface area contributed by atoms with Gasteiger partial charge in [0, 0.05) is 25.2 Å². The first-order valence-corrected chi connectivity index (χ1v) is 7.40. The summed E-state index contributed by atoms with van der Waals surface area (Å²) in [6.07, 6.45) is 6.70. The molecular formula is C13H15ClN6. The first-order valence-electron chi connectivity index (χ1n) is 7.02. The van der Waals surface area contributed by atoms with Crippen LogP contribution in [0.3, 0.4) is 0 Å². The molecule has 4 rings (SSSR count). The minimum Gasteiger partial charge on any atom is -0.341 e. The molecule has 2 aromatic heterocycles. The first kappa shape index (κ1) is 12.1. The van der Waals surface area contributed by atoms with E-state index in [0.717, 1.165) is 18.8 Å². The highest BCUT2D eigenvalue weighted by Gasteiger charge is 2.26. The number of rotatable bonds is 3. The number of anilines is 1. The Morgan fingerprint density at radius 1 is 1.05 bits per heavy atom. The van der Waals surface area contributed by atoms with Crippen molar-refractivity contribution in [1.29, 1.82) is 0 Å². The van der Waals surface area contributed by atoms with Crippen LogP contribution in [0.5, 0.6) is 0 Å². The van der Waals surface area contributed by atoms with Gasteiger partial charge in [-0.05, 0) is 43.4 Å². The van der Waals surface area contributed by atoms with Crippen molar-refractivity contribution < 1.29 is 0 Å². The van der Waals surface area contributed by atoms with Crippen molar-refractivity contribution in [2.75, 3.05) is 18.0 Å². The van der Waals surface area contributed by atoms with Gasteiger partial charge in [-0.15, -0.1) is 0 Å². The van der Waals surface area contributed by atoms with Gasteiger partial charge in [-0.2, -0.15) is 20.1 Å². The summed E-state index contributed by atoms with van der Waals surface area (Å²) < 4.78 is 1.70. The third kappa shape index (κ3) is 2.24. The maximum atomic E-state index is 6.03. The predicted molar refractivity (Wildman–Crippen MR) is 75.4 cm³/mol. The average molecular weight is 291 g/mol. The van der Waals surface area contributed by atoms with E-state index in [9.17, 15) is 0 Å². The molecule has 0 radical (unpaired) electrons. The number of halogens is 1. The normalized spacial score (nSPS) is 18.8. The zero-order valence-electron chi connectivity index (χ0n) is 11.0. The molecule has 20 heavy (non-hydrogen) atoms. The van der Waals surface area contributed by atoms with Crippen LogP contribution in [0.15, 0.2) is 12.3 Å². The summed E-state index contributed by atoms with van der Waals surface area (Å²) in [5.41, 5.74) is 1.12. The fourth-order valence-corrected chi connectivity index (χ4v) is 2.69. The smallest absolute Gasteiger partial charge is 0.256 e. The van der Waals surface area contributed by atoms with E-state index in [4.69, 9.17) is 11.6 Å². The number of hydrogen-bond acceptors (Lipinski definition) is 5. The van der Waals surface area contributed by atoms with E-state index < -0.39 is 0 Å². The summed E-state index contributed by atoms with van der Waals surface area (Å²) in [6, 6.07) is 2.03. The number of hydrogen-bond donors (Lipinski definition) is 0. The minimum absolute atomic E-state index is 0.223. The molecule has 1 saturated carbocycles. The standard InChI is InChI=1S/C13H15ClN6/c14-11-15-12(19-6-1-2-7-19)17-13(16-11)20-8-5-10(18-20)9-3-4-9/h5,8-9H,1-4,6-7H2. The summed E-state index contributed by atoms with van der Waals surface area (Å²) in [5.74, 6) is 1.77. The quantitative estimate of drug-likeness (QED) is 0.867. The fourth-order valence-electron chi connectivity index (χ4n) is 2.54. The summed E-state index contributed by atoms with van der Waals surface area (Å²) in [6.45, 7) is 1.96. The van der Waals surface area contributed by atoms with Gasteiger partial charge in [0.05, 0.1) is 5.69 Å². The van der Waals surface area contributed by atoms with Crippen LogP contribution in [-0.4, -0.2) is 37.8 Å². The van der Waals surface area contributed by atoms with Crippen LogP contribution in [0.25, 0.3) is 5.95 Å². The van der Waals surface area contributed by atoms with E-state index in [1.54, 1.807) is 4.68 Å². The van der Waals surface area contributed by atoms with Crippen LogP contribution in [0, 0.1) is 0 Å².